The van der Waals surface area contributed by atoms with Crippen molar-refractivity contribution in [1.29, 1.82) is 0 Å². The molecular weight excluding hydrogens is 340 g/mol. The lowest BCUT2D eigenvalue weighted by Gasteiger charge is -2.08. The van der Waals surface area contributed by atoms with Crippen molar-refractivity contribution in [2.45, 2.75) is 10.2 Å². The predicted octanol–water partition coefficient (Wildman–Crippen LogP) is 2.82. The monoisotopic (exact) mass is 348 g/mol. The number of nitrogens with zero attached hydrogens (tertiary/aromatic N) is 2. The molecule has 0 bridgehead atoms. The van der Waals surface area contributed by atoms with Crippen LogP contribution in [0.1, 0.15) is 5.56 Å². The van der Waals surface area contributed by atoms with Crippen LogP contribution in [-0.4, -0.2) is 24.5 Å². The Hall–Kier alpha value is -0.850. The molecule has 0 N–H and O–H groups in total. The maximum Gasteiger partial charge on any atom is 0.178 e. The van der Waals surface area contributed by atoms with Crippen LogP contribution in [0.5, 0.6) is 0 Å². The third kappa shape index (κ3) is 2.60. The number of benzene rings is 1. The van der Waals surface area contributed by atoms with Gasteiger partial charge >= 0.3 is 0 Å². The molecule has 1 aromatic carbocycles. The summed E-state index contributed by atoms with van der Waals surface area (Å²) in [6, 6.07) is 5.48. The fourth-order valence-corrected chi connectivity index (χ4v) is 2.81. The molecule has 4 nitrogen and oxygen atoms in total. The summed E-state index contributed by atoms with van der Waals surface area (Å²) in [4.78, 5) is 0.169. The average Bonchev–Trinajstić information content (AvgIpc) is 2.77. The molecule has 96 valence electrons. The number of halogens is 2. The van der Waals surface area contributed by atoms with E-state index in [0.717, 1.165) is 11.8 Å². The van der Waals surface area contributed by atoms with Gasteiger partial charge in [-0.1, -0.05) is 39.7 Å². The molecule has 2 rings (SSSR count). The first-order valence-corrected chi connectivity index (χ1v) is 8.41. The van der Waals surface area contributed by atoms with Crippen LogP contribution in [0.2, 0.25) is 5.02 Å². The lowest BCUT2D eigenvalue weighted by molar-refractivity contribution is 0.602. The van der Waals surface area contributed by atoms with E-state index in [1.54, 1.807) is 6.07 Å². The number of hydrogen-bond donors (Lipinski definition) is 0. The molecule has 7 heteroatoms. The predicted molar refractivity (Wildman–Crippen MR) is 74.3 cm³/mol. The third-order valence-electron chi connectivity index (χ3n) is 2.43. The molecule has 18 heavy (non-hydrogen) atoms. The van der Waals surface area contributed by atoms with Gasteiger partial charge in [-0.25, -0.2) is 13.1 Å². The van der Waals surface area contributed by atoms with Gasteiger partial charge in [0.2, 0.25) is 0 Å². The SMILES string of the molecule is CS(=O)(=O)c1cnn(-c2c(Cl)cccc2CBr)c1. The molecule has 0 saturated heterocycles. The molecule has 1 aromatic heterocycles. The van der Waals surface area contributed by atoms with E-state index in [4.69, 9.17) is 11.6 Å². The van der Waals surface area contributed by atoms with Gasteiger partial charge in [0, 0.05) is 17.8 Å². The van der Waals surface area contributed by atoms with Crippen molar-refractivity contribution >= 4 is 37.4 Å². The first-order valence-electron chi connectivity index (χ1n) is 5.02. The van der Waals surface area contributed by atoms with Gasteiger partial charge in [0.1, 0.15) is 4.90 Å². The lowest BCUT2D eigenvalue weighted by atomic mass is 10.2. The Morgan fingerprint density at radius 2 is 2.17 bits per heavy atom. The van der Waals surface area contributed by atoms with Crippen molar-refractivity contribution in [3.05, 3.63) is 41.2 Å². The van der Waals surface area contributed by atoms with Crippen LogP contribution in [0, 0.1) is 0 Å². The molecule has 2 aromatic rings. The number of para-hydroxylation sites is 1. The summed E-state index contributed by atoms with van der Waals surface area (Å²) in [6.07, 6.45) is 3.92. The van der Waals surface area contributed by atoms with Crippen molar-refractivity contribution in [2.24, 2.45) is 0 Å². The summed E-state index contributed by atoms with van der Waals surface area (Å²) in [5.74, 6) is 0. The molecule has 0 atom stereocenters. The molecule has 1 heterocycles. The zero-order valence-electron chi connectivity index (χ0n) is 9.47. The highest BCUT2D eigenvalue weighted by Crippen LogP contribution is 2.26. The van der Waals surface area contributed by atoms with Crippen molar-refractivity contribution in [2.75, 3.05) is 6.26 Å². The first kappa shape index (κ1) is 13.6. The highest BCUT2D eigenvalue weighted by Gasteiger charge is 2.14. The lowest BCUT2D eigenvalue weighted by Crippen LogP contribution is -2.00. The van der Waals surface area contributed by atoms with Crippen molar-refractivity contribution in [1.82, 2.24) is 9.78 Å². The molecule has 0 aliphatic rings. The Morgan fingerprint density at radius 3 is 2.72 bits per heavy atom. The summed E-state index contributed by atoms with van der Waals surface area (Å²) >= 11 is 9.50. The Labute approximate surface area is 119 Å². The Kier molecular flexibility index (Phi) is 3.79. The minimum absolute atomic E-state index is 0.169. The summed E-state index contributed by atoms with van der Waals surface area (Å²) in [6.45, 7) is 0. The summed E-state index contributed by atoms with van der Waals surface area (Å²) in [5, 5.41) is 5.19. The summed E-state index contributed by atoms with van der Waals surface area (Å²) < 4.78 is 24.3. The number of alkyl halides is 1. The molecule has 0 spiro atoms. The second-order valence-electron chi connectivity index (χ2n) is 3.77. The largest absolute Gasteiger partial charge is 0.238 e. The number of hydrogen-bond acceptors (Lipinski definition) is 3. The Bertz CT molecular complexity index is 682. The van der Waals surface area contributed by atoms with E-state index in [-0.39, 0.29) is 4.90 Å². The van der Waals surface area contributed by atoms with Crippen LogP contribution in [-0.2, 0) is 15.2 Å². The van der Waals surface area contributed by atoms with Gasteiger partial charge in [-0.2, -0.15) is 5.10 Å². The molecule has 0 amide bonds. The smallest absolute Gasteiger partial charge is 0.178 e. The van der Waals surface area contributed by atoms with Crippen LogP contribution in [0.3, 0.4) is 0 Å². The minimum Gasteiger partial charge on any atom is -0.238 e. The highest BCUT2D eigenvalue weighted by atomic mass is 79.9. The minimum atomic E-state index is -3.26. The van der Waals surface area contributed by atoms with Crippen LogP contribution in [0.4, 0.5) is 0 Å². The summed E-state index contributed by atoms with van der Waals surface area (Å²) in [7, 11) is -3.26. The zero-order valence-corrected chi connectivity index (χ0v) is 12.6. The second-order valence-corrected chi connectivity index (χ2v) is 6.76. The standard InChI is InChI=1S/C11H10BrClN2O2S/c1-18(16,17)9-6-14-15(7-9)11-8(5-12)3-2-4-10(11)13/h2-4,6-7H,5H2,1H3. The molecule has 0 unspecified atom stereocenters. The van der Waals surface area contributed by atoms with E-state index in [0.29, 0.717) is 16.0 Å². The van der Waals surface area contributed by atoms with Gasteiger partial charge in [0.25, 0.3) is 0 Å². The summed E-state index contributed by atoms with van der Waals surface area (Å²) in [5.41, 5.74) is 1.62. The van der Waals surface area contributed by atoms with Crippen LogP contribution in [0.25, 0.3) is 5.69 Å². The molecule has 0 aliphatic heterocycles. The molecule has 0 saturated carbocycles. The van der Waals surface area contributed by atoms with E-state index in [1.807, 2.05) is 12.1 Å². The normalized spacial score (nSPS) is 11.7. The van der Waals surface area contributed by atoms with Crippen LogP contribution < -0.4 is 0 Å². The molecule has 0 radical (unpaired) electrons. The van der Waals surface area contributed by atoms with E-state index in [9.17, 15) is 8.42 Å². The number of sulfone groups is 1. The molecule has 0 fully saturated rings. The van der Waals surface area contributed by atoms with Gasteiger partial charge in [0.05, 0.1) is 16.9 Å². The van der Waals surface area contributed by atoms with E-state index >= 15 is 0 Å². The second kappa shape index (κ2) is 5.03. The van der Waals surface area contributed by atoms with E-state index in [1.165, 1.54) is 17.1 Å². The van der Waals surface area contributed by atoms with Gasteiger partial charge < -0.3 is 0 Å². The van der Waals surface area contributed by atoms with Gasteiger partial charge in [-0.15, -0.1) is 0 Å². The maximum absolute atomic E-state index is 11.4. The quantitative estimate of drug-likeness (QED) is 0.801. The van der Waals surface area contributed by atoms with Crippen molar-refractivity contribution in [3.8, 4) is 5.69 Å². The van der Waals surface area contributed by atoms with Crippen molar-refractivity contribution in [3.63, 3.8) is 0 Å². The fraction of sp³-hybridized carbons (Fsp3) is 0.182. The molecule has 0 aliphatic carbocycles. The van der Waals surface area contributed by atoms with Gasteiger partial charge in [-0.05, 0) is 11.6 Å². The van der Waals surface area contributed by atoms with Crippen LogP contribution in [0.15, 0.2) is 35.5 Å². The maximum atomic E-state index is 11.4. The molecular formula is C11H10BrClN2O2S. The highest BCUT2D eigenvalue weighted by molar-refractivity contribution is 9.08. The Morgan fingerprint density at radius 1 is 1.44 bits per heavy atom. The first-order chi connectivity index (χ1) is 8.43. The average molecular weight is 350 g/mol. The fourth-order valence-electron chi connectivity index (χ4n) is 1.54. The number of rotatable bonds is 3. The van der Waals surface area contributed by atoms with Gasteiger partial charge in [-0.3, -0.25) is 0 Å². The number of aromatic nitrogens is 2. The Balaban J connectivity index is 2.60. The zero-order chi connectivity index (χ0) is 13.3. The van der Waals surface area contributed by atoms with Crippen molar-refractivity contribution < 1.29 is 8.42 Å². The van der Waals surface area contributed by atoms with E-state index in [2.05, 4.69) is 21.0 Å². The third-order valence-corrected chi connectivity index (χ3v) is 4.41. The topological polar surface area (TPSA) is 52.0 Å². The van der Waals surface area contributed by atoms with E-state index < -0.39 is 9.84 Å². The van der Waals surface area contributed by atoms with Gasteiger partial charge in [0.15, 0.2) is 9.84 Å². The van der Waals surface area contributed by atoms with Crippen LogP contribution >= 0.6 is 27.5 Å².